The van der Waals surface area contributed by atoms with Crippen molar-refractivity contribution in [2.75, 3.05) is 4.72 Å². The van der Waals surface area contributed by atoms with Crippen LogP contribution in [-0.2, 0) is 10.0 Å². The molecule has 3 aromatic carbocycles. The Morgan fingerprint density at radius 1 is 0.800 bits per heavy atom. The highest BCUT2D eigenvalue weighted by Crippen LogP contribution is 2.24. The largest absolute Gasteiger partial charge is 0.457 e. The van der Waals surface area contributed by atoms with Crippen LogP contribution in [0.25, 0.3) is 0 Å². The Kier molecular flexibility index (Phi) is 4.97. The van der Waals surface area contributed by atoms with Crippen LogP contribution in [0.4, 0.5) is 5.69 Å². The Hall–Kier alpha value is -2.50. The van der Waals surface area contributed by atoms with E-state index in [0.29, 0.717) is 16.5 Å². The third-order valence-electron chi connectivity index (χ3n) is 3.49. The third-order valence-corrected chi connectivity index (χ3v) is 5.14. The van der Waals surface area contributed by atoms with Crippen molar-refractivity contribution >= 4 is 27.3 Å². The number of benzene rings is 3. The Balaban J connectivity index is 1.71. The first-order valence-corrected chi connectivity index (χ1v) is 9.41. The summed E-state index contributed by atoms with van der Waals surface area (Å²) < 4.78 is 32.9. The summed E-state index contributed by atoms with van der Waals surface area (Å²) in [6.45, 7) is 2.01. The molecule has 0 aromatic heterocycles. The molecule has 0 aliphatic carbocycles. The monoisotopic (exact) mass is 373 g/mol. The van der Waals surface area contributed by atoms with E-state index in [4.69, 9.17) is 16.3 Å². The van der Waals surface area contributed by atoms with Gasteiger partial charge in [-0.15, -0.1) is 0 Å². The number of ether oxygens (including phenoxy) is 1. The second-order valence-electron chi connectivity index (χ2n) is 5.50. The summed E-state index contributed by atoms with van der Waals surface area (Å²) in [6.07, 6.45) is 0. The minimum absolute atomic E-state index is 0.150. The molecular formula is C19H16ClNO3S. The molecular weight excluding hydrogens is 358 g/mol. The van der Waals surface area contributed by atoms with Gasteiger partial charge in [-0.3, -0.25) is 4.72 Å². The van der Waals surface area contributed by atoms with Gasteiger partial charge in [0.05, 0.1) is 4.90 Å². The van der Waals surface area contributed by atoms with Gasteiger partial charge in [-0.1, -0.05) is 29.3 Å². The van der Waals surface area contributed by atoms with E-state index in [1.165, 1.54) is 24.3 Å². The molecule has 0 aliphatic rings. The molecule has 25 heavy (non-hydrogen) atoms. The van der Waals surface area contributed by atoms with Crippen molar-refractivity contribution in [1.82, 2.24) is 0 Å². The highest BCUT2D eigenvalue weighted by Gasteiger charge is 2.13. The molecule has 3 rings (SSSR count). The molecule has 3 aromatic rings. The number of aryl methyl sites for hydroxylation is 1. The number of hydrogen-bond donors (Lipinski definition) is 1. The van der Waals surface area contributed by atoms with E-state index in [0.717, 1.165) is 11.3 Å². The van der Waals surface area contributed by atoms with Crippen LogP contribution in [0, 0.1) is 6.92 Å². The van der Waals surface area contributed by atoms with Crippen LogP contribution in [0.5, 0.6) is 11.5 Å². The van der Waals surface area contributed by atoms with Crippen LogP contribution < -0.4 is 9.46 Å². The number of halogens is 1. The lowest BCUT2D eigenvalue weighted by Gasteiger charge is -2.10. The molecule has 0 unspecified atom stereocenters. The predicted octanol–water partition coefficient (Wildman–Crippen LogP) is 5.24. The molecule has 0 aliphatic heterocycles. The van der Waals surface area contributed by atoms with E-state index >= 15 is 0 Å². The summed E-state index contributed by atoms with van der Waals surface area (Å²) in [5.41, 5.74) is 1.60. The van der Waals surface area contributed by atoms with Gasteiger partial charge < -0.3 is 4.74 Å². The maximum absolute atomic E-state index is 12.3. The molecule has 1 N–H and O–H groups in total. The molecule has 0 heterocycles. The van der Waals surface area contributed by atoms with Gasteiger partial charge in [0.15, 0.2) is 0 Å². The van der Waals surface area contributed by atoms with Crippen LogP contribution in [-0.4, -0.2) is 8.42 Å². The maximum atomic E-state index is 12.3. The second kappa shape index (κ2) is 7.17. The summed E-state index contributed by atoms with van der Waals surface area (Å²) in [5.74, 6) is 1.35. The third kappa shape index (κ3) is 4.53. The fourth-order valence-electron chi connectivity index (χ4n) is 2.16. The quantitative estimate of drug-likeness (QED) is 0.665. The van der Waals surface area contributed by atoms with Gasteiger partial charge in [0.25, 0.3) is 10.0 Å². The first-order chi connectivity index (χ1) is 11.9. The van der Waals surface area contributed by atoms with Crippen LogP contribution >= 0.6 is 11.6 Å². The molecule has 0 bridgehead atoms. The summed E-state index contributed by atoms with van der Waals surface area (Å²) in [5, 5.41) is 0.483. The second-order valence-corrected chi connectivity index (χ2v) is 7.62. The van der Waals surface area contributed by atoms with Gasteiger partial charge in [-0.2, -0.15) is 0 Å². The molecule has 0 saturated heterocycles. The molecule has 0 saturated carbocycles. The topological polar surface area (TPSA) is 55.4 Å². The summed E-state index contributed by atoms with van der Waals surface area (Å²) >= 11 is 5.79. The SMILES string of the molecule is Cc1ccc(Oc2ccc(NS(=O)(=O)c3ccc(Cl)cc3)cc2)cc1. The minimum Gasteiger partial charge on any atom is -0.457 e. The van der Waals surface area contributed by atoms with Crippen molar-refractivity contribution in [3.63, 3.8) is 0 Å². The van der Waals surface area contributed by atoms with Crippen molar-refractivity contribution in [2.45, 2.75) is 11.8 Å². The van der Waals surface area contributed by atoms with E-state index in [9.17, 15) is 8.42 Å². The molecule has 0 fully saturated rings. The van der Waals surface area contributed by atoms with Crippen LogP contribution in [0.1, 0.15) is 5.56 Å². The van der Waals surface area contributed by atoms with Gasteiger partial charge in [-0.05, 0) is 67.6 Å². The Morgan fingerprint density at radius 3 is 1.88 bits per heavy atom. The lowest BCUT2D eigenvalue weighted by Crippen LogP contribution is -2.12. The number of rotatable bonds is 5. The molecule has 128 valence electrons. The Morgan fingerprint density at radius 2 is 1.32 bits per heavy atom. The smallest absolute Gasteiger partial charge is 0.261 e. The average molecular weight is 374 g/mol. The van der Waals surface area contributed by atoms with Crippen molar-refractivity contribution in [2.24, 2.45) is 0 Å². The highest BCUT2D eigenvalue weighted by atomic mass is 35.5. The van der Waals surface area contributed by atoms with Crippen molar-refractivity contribution in [1.29, 1.82) is 0 Å². The fourth-order valence-corrected chi connectivity index (χ4v) is 3.35. The lowest BCUT2D eigenvalue weighted by molar-refractivity contribution is 0.482. The van der Waals surface area contributed by atoms with Crippen molar-refractivity contribution < 1.29 is 13.2 Å². The van der Waals surface area contributed by atoms with E-state index in [2.05, 4.69) is 4.72 Å². The predicted molar refractivity (Wildman–Crippen MR) is 100.0 cm³/mol. The number of sulfonamides is 1. The Bertz CT molecular complexity index is 951. The van der Waals surface area contributed by atoms with Crippen LogP contribution in [0.2, 0.25) is 5.02 Å². The molecule has 4 nitrogen and oxygen atoms in total. The minimum atomic E-state index is -3.66. The van der Waals surface area contributed by atoms with Gasteiger partial charge in [0.2, 0.25) is 0 Å². The zero-order chi connectivity index (χ0) is 17.9. The zero-order valence-corrected chi connectivity index (χ0v) is 15.0. The molecule has 0 radical (unpaired) electrons. The van der Waals surface area contributed by atoms with Crippen molar-refractivity contribution in [3.8, 4) is 11.5 Å². The van der Waals surface area contributed by atoms with E-state index in [1.54, 1.807) is 24.3 Å². The number of anilines is 1. The van der Waals surface area contributed by atoms with E-state index in [-0.39, 0.29) is 4.90 Å². The lowest BCUT2D eigenvalue weighted by atomic mass is 10.2. The maximum Gasteiger partial charge on any atom is 0.261 e. The summed E-state index contributed by atoms with van der Waals surface area (Å²) in [7, 11) is -3.66. The van der Waals surface area contributed by atoms with Gasteiger partial charge in [0.1, 0.15) is 11.5 Å². The normalized spacial score (nSPS) is 11.1. The highest BCUT2D eigenvalue weighted by molar-refractivity contribution is 7.92. The molecule has 0 spiro atoms. The zero-order valence-electron chi connectivity index (χ0n) is 13.4. The standard InChI is InChI=1S/C19H16ClNO3S/c1-14-2-8-17(9-3-14)24-18-10-6-16(7-11-18)21-25(22,23)19-12-4-15(20)5-13-19/h2-13,21H,1H3. The first kappa shape index (κ1) is 17.3. The average Bonchev–Trinajstić information content (AvgIpc) is 2.59. The fraction of sp³-hybridized carbons (Fsp3) is 0.0526. The number of nitrogens with one attached hydrogen (secondary N) is 1. The first-order valence-electron chi connectivity index (χ1n) is 7.55. The molecule has 0 atom stereocenters. The van der Waals surface area contributed by atoms with Gasteiger partial charge in [0, 0.05) is 10.7 Å². The van der Waals surface area contributed by atoms with Crippen molar-refractivity contribution in [3.05, 3.63) is 83.4 Å². The Labute approximate surface area is 152 Å². The summed E-state index contributed by atoms with van der Waals surface area (Å²) in [4.78, 5) is 0.150. The van der Waals surface area contributed by atoms with Crippen LogP contribution in [0.15, 0.2) is 77.7 Å². The van der Waals surface area contributed by atoms with Gasteiger partial charge in [-0.25, -0.2) is 8.42 Å². The van der Waals surface area contributed by atoms with Gasteiger partial charge >= 0.3 is 0 Å². The van der Waals surface area contributed by atoms with E-state index < -0.39 is 10.0 Å². The summed E-state index contributed by atoms with van der Waals surface area (Å²) in [6, 6.07) is 20.4. The van der Waals surface area contributed by atoms with Crippen LogP contribution in [0.3, 0.4) is 0 Å². The number of hydrogen-bond acceptors (Lipinski definition) is 3. The molecule has 6 heteroatoms. The van der Waals surface area contributed by atoms with E-state index in [1.807, 2.05) is 31.2 Å². The molecule has 0 amide bonds.